The maximum atomic E-state index is 12.6. The molecule has 1 aromatic carbocycles. The lowest BCUT2D eigenvalue weighted by Crippen LogP contribution is -2.28. The summed E-state index contributed by atoms with van der Waals surface area (Å²) in [6, 6.07) is 7.54. The minimum absolute atomic E-state index is 0.00225. The number of hydrogen-bond donors (Lipinski definition) is 1. The molecule has 6 nitrogen and oxygen atoms in total. The highest BCUT2D eigenvalue weighted by Gasteiger charge is 2.16. The summed E-state index contributed by atoms with van der Waals surface area (Å²) in [4.78, 5) is 21.9. The molecule has 114 valence electrons. The molecule has 0 atom stereocenters. The maximum absolute atomic E-state index is 12.6. The molecule has 1 amide bonds. The molecule has 0 saturated heterocycles. The van der Waals surface area contributed by atoms with Crippen LogP contribution < -0.4 is 0 Å². The van der Waals surface area contributed by atoms with Crippen molar-refractivity contribution in [3.63, 3.8) is 0 Å². The Bertz CT molecular complexity index is 775. The number of fused-ring (bicyclic) bond motifs is 1. The Hall–Kier alpha value is -2.63. The zero-order valence-electron chi connectivity index (χ0n) is 12.8. The van der Waals surface area contributed by atoms with E-state index in [9.17, 15) is 4.79 Å². The van der Waals surface area contributed by atoms with Crippen LogP contribution in [0, 0.1) is 6.92 Å². The highest BCUT2D eigenvalue weighted by molar-refractivity contribution is 6.04. The van der Waals surface area contributed by atoms with Gasteiger partial charge in [0.05, 0.1) is 11.1 Å². The second kappa shape index (κ2) is 6.01. The van der Waals surface area contributed by atoms with Crippen molar-refractivity contribution < 1.29 is 4.79 Å². The number of aromatic amines is 1. The molecule has 22 heavy (non-hydrogen) atoms. The number of H-pyrrole nitrogens is 1. The van der Waals surface area contributed by atoms with E-state index in [1.165, 1.54) is 0 Å². The summed E-state index contributed by atoms with van der Waals surface area (Å²) in [5, 5.41) is 4.16. The number of aryl methyl sites for hydroxylation is 2. The Balaban J connectivity index is 1.69. The highest BCUT2D eigenvalue weighted by atomic mass is 16.2. The van der Waals surface area contributed by atoms with Gasteiger partial charge in [0.2, 0.25) is 0 Å². The minimum Gasteiger partial charge on any atom is -0.342 e. The number of para-hydroxylation sites is 1. The van der Waals surface area contributed by atoms with Crippen molar-refractivity contribution >= 4 is 16.9 Å². The van der Waals surface area contributed by atoms with Gasteiger partial charge in [0.1, 0.15) is 11.3 Å². The Labute approximate surface area is 128 Å². The molecule has 3 rings (SSSR count). The molecular weight excluding hydrogens is 278 g/mol. The Morgan fingerprint density at radius 2 is 2.23 bits per heavy atom. The second-order valence-corrected chi connectivity index (χ2v) is 5.37. The molecule has 0 saturated carbocycles. The first-order valence-corrected chi connectivity index (χ1v) is 7.33. The van der Waals surface area contributed by atoms with Crippen LogP contribution in [0.25, 0.3) is 11.0 Å². The predicted octanol–water partition coefficient (Wildman–Crippen LogP) is 2.23. The highest BCUT2D eigenvalue weighted by Crippen LogP contribution is 2.17. The normalized spacial score (nSPS) is 11.0. The molecule has 6 heteroatoms. The molecular formula is C16H19N5O. The number of carbonyl (C=O) groups excluding carboxylic acids is 1. The van der Waals surface area contributed by atoms with E-state index >= 15 is 0 Å². The first-order chi connectivity index (χ1) is 10.6. The van der Waals surface area contributed by atoms with Gasteiger partial charge in [-0.2, -0.15) is 5.10 Å². The van der Waals surface area contributed by atoms with Gasteiger partial charge in [-0.25, -0.2) is 4.98 Å². The van der Waals surface area contributed by atoms with Crippen LogP contribution >= 0.6 is 0 Å². The molecule has 0 bridgehead atoms. The topological polar surface area (TPSA) is 66.8 Å². The van der Waals surface area contributed by atoms with Gasteiger partial charge < -0.3 is 9.88 Å². The summed E-state index contributed by atoms with van der Waals surface area (Å²) in [6.07, 6.45) is 4.55. The number of aromatic nitrogens is 4. The largest absolute Gasteiger partial charge is 0.342 e. The van der Waals surface area contributed by atoms with E-state index in [4.69, 9.17) is 0 Å². The van der Waals surface area contributed by atoms with E-state index in [0.29, 0.717) is 12.1 Å². The Morgan fingerprint density at radius 1 is 1.36 bits per heavy atom. The molecule has 2 aromatic heterocycles. The average Bonchev–Trinajstić information content (AvgIpc) is 3.14. The molecule has 0 radical (unpaired) electrons. The summed E-state index contributed by atoms with van der Waals surface area (Å²) < 4.78 is 1.87. The summed E-state index contributed by atoms with van der Waals surface area (Å²) >= 11 is 0. The van der Waals surface area contributed by atoms with Gasteiger partial charge in [-0.3, -0.25) is 9.48 Å². The lowest BCUT2D eigenvalue weighted by Gasteiger charge is -2.17. The van der Waals surface area contributed by atoms with Crippen molar-refractivity contribution in [2.24, 2.45) is 0 Å². The van der Waals surface area contributed by atoms with Crippen LogP contribution in [0.3, 0.4) is 0 Å². The molecule has 0 aliphatic rings. The fourth-order valence-electron chi connectivity index (χ4n) is 2.54. The van der Waals surface area contributed by atoms with Gasteiger partial charge in [-0.05, 0) is 31.5 Å². The van der Waals surface area contributed by atoms with Crippen molar-refractivity contribution in [1.82, 2.24) is 24.6 Å². The molecule has 0 spiro atoms. The fourth-order valence-corrected chi connectivity index (χ4v) is 2.54. The summed E-state index contributed by atoms with van der Waals surface area (Å²) in [5.41, 5.74) is 2.28. The maximum Gasteiger partial charge on any atom is 0.255 e. The molecule has 0 aliphatic heterocycles. The molecule has 3 aromatic rings. The standard InChI is InChI=1S/C16H19N5O/c1-12-18-14-7-3-6-13(15(14)19-12)16(22)20(2)9-5-11-21-10-4-8-17-21/h3-4,6-8,10H,5,9,11H2,1-2H3,(H,18,19). The van der Waals surface area contributed by atoms with Crippen LogP contribution in [-0.4, -0.2) is 44.1 Å². The number of benzene rings is 1. The van der Waals surface area contributed by atoms with E-state index in [1.807, 2.05) is 49.1 Å². The van der Waals surface area contributed by atoms with Crippen molar-refractivity contribution in [3.8, 4) is 0 Å². The molecule has 0 aliphatic carbocycles. The summed E-state index contributed by atoms with van der Waals surface area (Å²) in [7, 11) is 1.82. The first-order valence-electron chi connectivity index (χ1n) is 7.33. The van der Waals surface area contributed by atoms with Crippen molar-refractivity contribution in [1.29, 1.82) is 0 Å². The van der Waals surface area contributed by atoms with Gasteiger partial charge >= 0.3 is 0 Å². The monoisotopic (exact) mass is 297 g/mol. The summed E-state index contributed by atoms with van der Waals surface area (Å²) in [5.74, 6) is 0.814. The van der Waals surface area contributed by atoms with Crippen LogP contribution in [0.5, 0.6) is 0 Å². The first kappa shape index (κ1) is 14.3. The average molecular weight is 297 g/mol. The number of nitrogens with one attached hydrogen (secondary N) is 1. The van der Waals surface area contributed by atoms with E-state index in [0.717, 1.165) is 29.8 Å². The van der Waals surface area contributed by atoms with Crippen LogP contribution in [-0.2, 0) is 6.54 Å². The van der Waals surface area contributed by atoms with Crippen LogP contribution in [0.2, 0.25) is 0 Å². The lowest BCUT2D eigenvalue weighted by atomic mass is 10.1. The molecule has 1 N–H and O–H groups in total. The van der Waals surface area contributed by atoms with Gasteiger partial charge in [0, 0.05) is 32.5 Å². The van der Waals surface area contributed by atoms with Gasteiger partial charge in [-0.1, -0.05) is 6.07 Å². The zero-order chi connectivity index (χ0) is 15.5. The minimum atomic E-state index is -0.00225. The van der Waals surface area contributed by atoms with Crippen molar-refractivity contribution in [2.45, 2.75) is 19.9 Å². The Kier molecular flexibility index (Phi) is 3.91. The smallest absolute Gasteiger partial charge is 0.255 e. The number of amides is 1. The van der Waals surface area contributed by atoms with Crippen LogP contribution in [0.15, 0.2) is 36.7 Å². The van der Waals surface area contributed by atoms with Crippen LogP contribution in [0.4, 0.5) is 0 Å². The lowest BCUT2D eigenvalue weighted by molar-refractivity contribution is 0.0793. The Morgan fingerprint density at radius 3 is 3.00 bits per heavy atom. The van der Waals surface area contributed by atoms with E-state index in [-0.39, 0.29) is 5.91 Å². The number of hydrogen-bond acceptors (Lipinski definition) is 3. The SMILES string of the molecule is Cc1nc2c(C(=O)N(C)CCCn3cccn3)cccc2[nH]1. The van der Waals surface area contributed by atoms with E-state index < -0.39 is 0 Å². The van der Waals surface area contributed by atoms with Gasteiger partial charge in [-0.15, -0.1) is 0 Å². The molecule has 0 unspecified atom stereocenters. The zero-order valence-corrected chi connectivity index (χ0v) is 12.8. The number of rotatable bonds is 5. The van der Waals surface area contributed by atoms with Crippen molar-refractivity contribution in [3.05, 3.63) is 48.0 Å². The van der Waals surface area contributed by atoms with Gasteiger partial charge in [0.15, 0.2) is 0 Å². The predicted molar refractivity (Wildman–Crippen MR) is 84.6 cm³/mol. The quantitative estimate of drug-likeness (QED) is 0.785. The number of nitrogens with zero attached hydrogens (tertiary/aromatic N) is 4. The summed E-state index contributed by atoms with van der Waals surface area (Å²) in [6.45, 7) is 3.37. The molecule has 2 heterocycles. The second-order valence-electron chi connectivity index (χ2n) is 5.37. The van der Waals surface area contributed by atoms with E-state index in [2.05, 4.69) is 15.1 Å². The molecule has 0 fully saturated rings. The van der Waals surface area contributed by atoms with E-state index in [1.54, 1.807) is 11.1 Å². The van der Waals surface area contributed by atoms with Crippen molar-refractivity contribution in [2.75, 3.05) is 13.6 Å². The third-order valence-corrected chi connectivity index (χ3v) is 3.65. The third-order valence-electron chi connectivity index (χ3n) is 3.65. The third kappa shape index (κ3) is 2.86. The van der Waals surface area contributed by atoms with Crippen LogP contribution in [0.1, 0.15) is 22.6 Å². The number of imidazole rings is 1. The van der Waals surface area contributed by atoms with Gasteiger partial charge in [0.25, 0.3) is 5.91 Å². The fraction of sp³-hybridized carbons (Fsp3) is 0.312. The number of carbonyl (C=O) groups is 1.